The van der Waals surface area contributed by atoms with Crippen molar-refractivity contribution in [2.24, 2.45) is 0 Å². The van der Waals surface area contributed by atoms with Crippen LogP contribution in [0.2, 0.25) is 0 Å². The molecule has 0 aliphatic heterocycles. The predicted octanol–water partition coefficient (Wildman–Crippen LogP) is 1.66. The van der Waals surface area contributed by atoms with Gasteiger partial charge in [0.25, 0.3) is 0 Å². The molecule has 1 aromatic rings. The lowest BCUT2D eigenvalue weighted by Crippen LogP contribution is -2.35. The highest BCUT2D eigenvalue weighted by Crippen LogP contribution is 2.22. The minimum absolute atomic E-state index is 0.00408. The maximum Gasteiger partial charge on any atom is 0.233 e. The zero-order chi connectivity index (χ0) is 13.5. The van der Waals surface area contributed by atoms with Gasteiger partial charge in [-0.15, -0.1) is 0 Å². The average molecular weight is 250 g/mol. The summed E-state index contributed by atoms with van der Waals surface area (Å²) < 4.78 is 0. The Morgan fingerprint density at radius 1 is 1.44 bits per heavy atom. The van der Waals surface area contributed by atoms with Gasteiger partial charge in [0.05, 0.1) is 6.54 Å². The number of likely N-dealkylation sites (N-methyl/N-ethyl adjacent to an activating group) is 1. The van der Waals surface area contributed by atoms with Crippen LogP contribution >= 0.6 is 0 Å². The molecule has 0 heterocycles. The molecular weight excluding hydrogens is 228 g/mol. The Labute approximate surface area is 109 Å². The molecule has 0 unspecified atom stereocenters. The second kappa shape index (κ2) is 7.01. The molecular formula is C14H22N2O2. The first-order valence-corrected chi connectivity index (χ1v) is 6.28. The number of benzene rings is 1. The Balaban J connectivity index is 2.76. The van der Waals surface area contributed by atoms with E-state index in [1.165, 1.54) is 0 Å². The zero-order valence-electron chi connectivity index (χ0n) is 11.4. The highest BCUT2D eigenvalue weighted by Gasteiger charge is 2.12. The standard InChI is InChI=1S/C14H22N2O2/c1-4-8-16(10-13(17)15-3)9-12-7-5-6-11(2)14(12)18/h5-7,18H,4,8-10H2,1-3H3,(H,15,17). The summed E-state index contributed by atoms with van der Waals surface area (Å²) in [7, 11) is 1.64. The number of phenols is 1. The molecule has 0 bridgehead atoms. The number of aromatic hydroxyl groups is 1. The van der Waals surface area contributed by atoms with Crippen molar-refractivity contribution >= 4 is 5.91 Å². The van der Waals surface area contributed by atoms with Crippen LogP contribution in [0.15, 0.2) is 18.2 Å². The second-order valence-corrected chi connectivity index (χ2v) is 4.47. The monoisotopic (exact) mass is 250 g/mol. The van der Waals surface area contributed by atoms with E-state index >= 15 is 0 Å². The van der Waals surface area contributed by atoms with Gasteiger partial charge in [0.15, 0.2) is 0 Å². The number of rotatable bonds is 6. The van der Waals surface area contributed by atoms with Crippen molar-refractivity contribution in [3.05, 3.63) is 29.3 Å². The van der Waals surface area contributed by atoms with Gasteiger partial charge in [-0.25, -0.2) is 0 Å². The molecule has 0 saturated carbocycles. The highest BCUT2D eigenvalue weighted by molar-refractivity contribution is 5.77. The van der Waals surface area contributed by atoms with Crippen LogP contribution in [0.3, 0.4) is 0 Å². The molecule has 1 rings (SSSR count). The zero-order valence-corrected chi connectivity index (χ0v) is 11.4. The molecule has 18 heavy (non-hydrogen) atoms. The van der Waals surface area contributed by atoms with Gasteiger partial charge < -0.3 is 10.4 Å². The molecule has 1 amide bonds. The summed E-state index contributed by atoms with van der Waals surface area (Å²) in [5, 5.41) is 12.6. The number of hydrogen-bond donors (Lipinski definition) is 2. The van der Waals surface area contributed by atoms with E-state index in [2.05, 4.69) is 12.2 Å². The van der Waals surface area contributed by atoms with Crippen LogP contribution in [0, 0.1) is 6.92 Å². The highest BCUT2D eigenvalue weighted by atomic mass is 16.3. The van der Waals surface area contributed by atoms with Crippen molar-refractivity contribution in [2.45, 2.75) is 26.8 Å². The topological polar surface area (TPSA) is 52.6 Å². The fourth-order valence-corrected chi connectivity index (χ4v) is 1.90. The average Bonchev–Trinajstić information content (AvgIpc) is 2.35. The van der Waals surface area contributed by atoms with Crippen LogP contribution in [-0.4, -0.2) is 36.1 Å². The van der Waals surface area contributed by atoms with E-state index in [4.69, 9.17) is 0 Å². The first-order valence-electron chi connectivity index (χ1n) is 6.28. The van der Waals surface area contributed by atoms with Crippen molar-refractivity contribution in [1.82, 2.24) is 10.2 Å². The lowest BCUT2D eigenvalue weighted by atomic mass is 10.1. The van der Waals surface area contributed by atoms with Gasteiger partial charge >= 0.3 is 0 Å². The van der Waals surface area contributed by atoms with E-state index in [0.29, 0.717) is 18.8 Å². The van der Waals surface area contributed by atoms with Crippen molar-refractivity contribution < 1.29 is 9.90 Å². The van der Waals surface area contributed by atoms with E-state index in [0.717, 1.165) is 24.1 Å². The molecule has 0 aromatic heterocycles. The van der Waals surface area contributed by atoms with Crippen LogP contribution < -0.4 is 5.32 Å². The van der Waals surface area contributed by atoms with Gasteiger partial charge in [-0.1, -0.05) is 25.1 Å². The van der Waals surface area contributed by atoms with Crippen molar-refractivity contribution in [3.8, 4) is 5.75 Å². The number of nitrogens with zero attached hydrogens (tertiary/aromatic N) is 1. The molecule has 4 nitrogen and oxygen atoms in total. The van der Waals surface area contributed by atoms with E-state index in [1.54, 1.807) is 7.05 Å². The Bertz CT molecular complexity index is 405. The van der Waals surface area contributed by atoms with Gasteiger partial charge in [-0.2, -0.15) is 0 Å². The minimum atomic E-state index is -0.00408. The van der Waals surface area contributed by atoms with E-state index in [9.17, 15) is 9.90 Å². The third kappa shape index (κ3) is 4.04. The Morgan fingerprint density at radius 3 is 2.78 bits per heavy atom. The Morgan fingerprint density at radius 2 is 2.17 bits per heavy atom. The van der Waals surface area contributed by atoms with E-state index in [1.807, 2.05) is 30.0 Å². The normalized spacial score (nSPS) is 10.7. The summed E-state index contributed by atoms with van der Waals surface area (Å²) >= 11 is 0. The number of carbonyl (C=O) groups is 1. The molecule has 0 saturated heterocycles. The summed E-state index contributed by atoms with van der Waals surface area (Å²) in [6, 6.07) is 5.70. The molecule has 0 aliphatic rings. The quantitative estimate of drug-likeness (QED) is 0.807. The number of aryl methyl sites for hydroxylation is 1. The van der Waals surface area contributed by atoms with Gasteiger partial charge in [0, 0.05) is 19.2 Å². The third-order valence-corrected chi connectivity index (χ3v) is 2.90. The van der Waals surface area contributed by atoms with Crippen LogP contribution in [0.1, 0.15) is 24.5 Å². The van der Waals surface area contributed by atoms with Gasteiger partial charge in [0.1, 0.15) is 5.75 Å². The van der Waals surface area contributed by atoms with Crippen molar-refractivity contribution in [2.75, 3.05) is 20.1 Å². The Hall–Kier alpha value is -1.55. The van der Waals surface area contributed by atoms with Crippen molar-refractivity contribution in [1.29, 1.82) is 0 Å². The minimum Gasteiger partial charge on any atom is -0.507 e. The molecule has 0 aliphatic carbocycles. The summed E-state index contributed by atoms with van der Waals surface area (Å²) in [6.07, 6.45) is 0.976. The fraction of sp³-hybridized carbons (Fsp3) is 0.500. The summed E-state index contributed by atoms with van der Waals surface area (Å²) in [5.41, 5.74) is 1.73. The number of hydrogen-bond acceptors (Lipinski definition) is 3. The molecule has 1 aromatic carbocycles. The van der Waals surface area contributed by atoms with Crippen LogP contribution in [0.5, 0.6) is 5.75 Å². The number of nitrogens with one attached hydrogen (secondary N) is 1. The van der Waals surface area contributed by atoms with Crippen LogP contribution in [0.4, 0.5) is 0 Å². The van der Waals surface area contributed by atoms with E-state index in [-0.39, 0.29) is 5.91 Å². The van der Waals surface area contributed by atoms with Crippen molar-refractivity contribution in [3.63, 3.8) is 0 Å². The third-order valence-electron chi connectivity index (χ3n) is 2.90. The molecule has 0 fully saturated rings. The molecule has 4 heteroatoms. The summed E-state index contributed by atoms with van der Waals surface area (Å²) in [4.78, 5) is 13.5. The predicted molar refractivity (Wildman–Crippen MR) is 72.5 cm³/mol. The van der Waals surface area contributed by atoms with Gasteiger partial charge in [-0.05, 0) is 25.5 Å². The smallest absolute Gasteiger partial charge is 0.233 e. The summed E-state index contributed by atoms with van der Waals surface area (Å²) in [5.74, 6) is 0.325. The number of carbonyl (C=O) groups excluding carboxylic acids is 1. The first-order chi connectivity index (χ1) is 8.58. The van der Waals surface area contributed by atoms with Crippen LogP contribution in [-0.2, 0) is 11.3 Å². The molecule has 0 atom stereocenters. The maximum atomic E-state index is 11.4. The lowest BCUT2D eigenvalue weighted by Gasteiger charge is -2.21. The lowest BCUT2D eigenvalue weighted by molar-refractivity contribution is -0.121. The van der Waals surface area contributed by atoms with E-state index < -0.39 is 0 Å². The number of para-hydroxylation sites is 1. The largest absolute Gasteiger partial charge is 0.507 e. The second-order valence-electron chi connectivity index (χ2n) is 4.47. The number of amides is 1. The maximum absolute atomic E-state index is 11.4. The molecule has 100 valence electrons. The molecule has 2 N–H and O–H groups in total. The first kappa shape index (κ1) is 14.5. The fourth-order valence-electron chi connectivity index (χ4n) is 1.90. The van der Waals surface area contributed by atoms with Crippen LogP contribution in [0.25, 0.3) is 0 Å². The molecule has 0 spiro atoms. The van der Waals surface area contributed by atoms with Gasteiger partial charge in [-0.3, -0.25) is 9.69 Å². The summed E-state index contributed by atoms with van der Waals surface area (Å²) in [6.45, 7) is 5.74. The van der Waals surface area contributed by atoms with Gasteiger partial charge in [0.2, 0.25) is 5.91 Å². The SMILES string of the molecule is CCCN(CC(=O)NC)Cc1cccc(C)c1O. The number of phenolic OH excluding ortho intramolecular Hbond substituents is 1. The molecule has 0 radical (unpaired) electrons. The Kier molecular flexibility index (Phi) is 5.65.